The highest BCUT2D eigenvalue weighted by molar-refractivity contribution is 9.11. The number of benzene rings is 1. The summed E-state index contributed by atoms with van der Waals surface area (Å²) in [4.78, 5) is 1.28. The molecule has 0 saturated heterocycles. The van der Waals surface area contributed by atoms with Crippen molar-refractivity contribution in [2.45, 2.75) is 19.5 Å². The van der Waals surface area contributed by atoms with Crippen molar-refractivity contribution in [2.24, 2.45) is 0 Å². The van der Waals surface area contributed by atoms with Gasteiger partial charge in [0.15, 0.2) is 0 Å². The molecule has 5 heteroatoms. The van der Waals surface area contributed by atoms with Gasteiger partial charge in [0.1, 0.15) is 0 Å². The Labute approximate surface area is 129 Å². The van der Waals surface area contributed by atoms with E-state index in [0.29, 0.717) is 10.0 Å². The summed E-state index contributed by atoms with van der Waals surface area (Å²) in [5.74, 6) is 0. The van der Waals surface area contributed by atoms with E-state index < -0.39 is 0 Å². The molecule has 2 aromatic rings. The minimum atomic E-state index is 0.164. The minimum Gasteiger partial charge on any atom is -0.305 e. The summed E-state index contributed by atoms with van der Waals surface area (Å²) < 4.78 is 1.15. The van der Waals surface area contributed by atoms with Crippen molar-refractivity contribution in [3.63, 3.8) is 0 Å². The highest BCUT2D eigenvalue weighted by Crippen LogP contribution is 2.30. The fourth-order valence-electron chi connectivity index (χ4n) is 1.67. The summed E-state index contributed by atoms with van der Waals surface area (Å²) in [5.41, 5.74) is 1.03. The molecule has 0 fully saturated rings. The van der Waals surface area contributed by atoms with Gasteiger partial charge in [-0.25, -0.2) is 0 Å². The highest BCUT2D eigenvalue weighted by atomic mass is 79.9. The van der Waals surface area contributed by atoms with E-state index in [1.54, 1.807) is 17.4 Å². The van der Waals surface area contributed by atoms with Gasteiger partial charge in [0.25, 0.3) is 0 Å². The third-order valence-electron chi connectivity index (χ3n) is 2.66. The average Bonchev–Trinajstić information content (AvgIpc) is 2.76. The van der Waals surface area contributed by atoms with Crippen LogP contribution >= 0.6 is 50.5 Å². The van der Waals surface area contributed by atoms with Crippen LogP contribution in [0.2, 0.25) is 10.0 Å². The zero-order valence-electron chi connectivity index (χ0n) is 9.71. The molecule has 0 radical (unpaired) electrons. The van der Waals surface area contributed by atoms with Crippen LogP contribution in [0.15, 0.2) is 34.1 Å². The zero-order chi connectivity index (χ0) is 13.1. The van der Waals surface area contributed by atoms with Crippen LogP contribution in [0.1, 0.15) is 23.4 Å². The van der Waals surface area contributed by atoms with E-state index in [1.807, 2.05) is 12.1 Å². The maximum Gasteiger partial charge on any atom is 0.0701 e. The Morgan fingerprint density at radius 2 is 2.06 bits per heavy atom. The molecule has 0 aliphatic heterocycles. The predicted molar refractivity (Wildman–Crippen MR) is 83.7 cm³/mol. The molecule has 0 spiro atoms. The van der Waals surface area contributed by atoms with Gasteiger partial charge < -0.3 is 5.32 Å². The number of hydrogen-bond donors (Lipinski definition) is 1. The average molecular weight is 365 g/mol. The molecule has 1 aromatic heterocycles. The third kappa shape index (κ3) is 3.49. The van der Waals surface area contributed by atoms with Gasteiger partial charge in [-0.2, -0.15) is 0 Å². The predicted octanol–water partition coefficient (Wildman–Crippen LogP) is 5.67. The van der Waals surface area contributed by atoms with Gasteiger partial charge in [-0.3, -0.25) is 0 Å². The first-order valence-electron chi connectivity index (χ1n) is 5.49. The van der Waals surface area contributed by atoms with Crippen molar-refractivity contribution in [1.82, 2.24) is 5.32 Å². The van der Waals surface area contributed by atoms with Crippen LogP contribution in [0.3, 0.4) is 0 Å². The van der Waals surface area contributed by atoms with Crippen molar-refractivity contribution in [1.29, 1.82) is 0 Å². The minimum absolute atomic E-state index is 0.164. The van der Waals surface area contributed by atoms with E-state index in [2.05, 4.69) is 40.3 Å². The van der Waals surface area contributed by atoms with Crippen LogP contribution in [0, 0.1) is 0 Å². The Kier molecular flexibility index (Phi) is 5.10. The SMILES string of the molecule is CC(NCc1ccc(Br)s1)c1cccc(Cl)c1Cl. The standard InChI is InChI=1S/C13H12BrCl2NS/c1-8(10-3-2-4-11(15)13(10)16)17-7-9-5-6-12(14)18-9/h2-6,8,17H,7H2,1H3. The third-order valence-corrected chi connectivity index (χ3v) is 5.12. The summed E-state index contributed by atoms with van der Waals surface area (Å²) in [6.45, 7) is 2.90. The molecule has 1 N–H and O–H groups in total. The van der Waals surface area contributed by atoms with E-state index in [0.717, 1.165) is 15.9 Å². The van der Waals surface area contributed by atoms with Crippen molar-refractivity contribution >= 4 is 50.5 Å². The lowest BCUT2D eigenvalue weighted by molar-refractivity contribution is 0.579. The lowest BCUT2D eigenvalue weighted by Crippen LogP contribution is -2.17. The number of hydrogen-bond acceptors (Lipinski definition) is 2. The lowest BCUT2D eigenvalue weighted by Gasteiger charge is -2.15. The molecule has 1 aromatic carbocycles. The van der Waals surface area contributed by atoms with Crippen LogP contribution in [0.4, 0.5) is 0 Å². The number of rotatable bonds is 4. The van der Waals surface area contributed by atoms with Gasteiger partial charge in [0.2, 0.25) is 0 Å². The van der Waals surface area contributed by atoms with Crippen LogP contribution in [-0.4, -0.2) is 0 Å². The first-order chi connectivity index (χ1) is 8.58. The molecule has 0 aliphatic rings. The van der Waals surface area contributed by atoms with Gasteiger partial charge in [0, 0.05) is 17.5 Å². The van der Waals surface area contributed by atoms with Crippen molar-refractivity contribution in [3.05, 3.63) is 54.6 Å². The number of thiophene rings is 1. The van der Waals surface area contributed by atoms with E-state index in [4.69, 9.17) is 23.2 Å². The molecule has 96 valence electrons. The summed E-state index contributed by atoms with van der Waals surface area (Å²) in [6.07, 6.45) is 0. The highest BCUT2D eigenvalue weighted by Gasteiger charge is 2.11. The topological polar surface area (TPSA) is 12.0 Å². The summed E-state index contributed by atoms with van der Waals surface area (Å²) in [7, 11) is 0. The normalized spacial score (nSPS) is 12.7. The molecule has 2 rings (SSSR count). The largest absolute Gasteiger partial charge is 0.305 e. The quantitative estimate of drug-likeness (QED) is 0.737. The Bertz CT molecular complexity index is 542. The molecular formula is C13H12BrCl2NS. The maximum atomic E-state index is 6.20. The molecule has 1 heterocycles. The molecular weight excluding hydrogens is 353 g/mol. The van der Waals surface area contributed by atoms with Gasteiger partial charge in [-0.15, -0.1) is 11.3 Å². The van der Waals surface area contributed by atoms with Crippen LogP contribution in [-0.2, 0) is 6.54 Å². The number of nitrogens with one attached hydrogen (secondary N) is 1. The van der Waals surface area contributed by atoms with Crippen LogP contribution in [0.25, 0.3) is 0 Å². The first kappa shape index (κ1) is 14.4. The Morgan fingerprint density at radius 1 is 1.28 bits per heavy atom. The van der Waals surface area contributed by atoms with Crippen LogP contribution < -0.4 is 5.32 Å². The monoisotopic (exact) mass is 363 g/mol. The fraction of sp³-hybridized carbons (Fsp3) is 0.231. The van der Waals surface area contributed by atoms with Crippen LogP contribution in [0.5, 0.6) is 0 Å². The molecule has 1 nitrogen and oxygen atoms in total. The maximum absolute atomic E-state index is 6.20. The Hall–Kier alpha value is -0.0600. The second-order valence-corrected chi connectivity index (χ2v) is 7.28. The van der Waals surface area contributed by atoms with Gasteiger partial charge in [0.05, 0.1) is 13.8 Å². The van der Waals surface area contributed by atoms with Gasteiger partial charge in [-0.1, -0.05) is 35.3 Å². The number of halogens is 3. The smallest absolute Gasteiger partial charge is 0.0701 e. The molecule has 0 bridgehead atoms. The molecule has 0 aliphatic carbocycles. The fourth-order valence-corrected chi connectivity index (χ4v) is 3.57. The molecule has 1 atom stereocenters. The van der Waals surface area contributed by atoms with E-state index in [9.17, 15) is 0 Å². The molecule has 18 heavy (non-hydrogen) atoms. The summed E-state index contributed by atoms with van der Waals surface area (Å²) >= 11 is 17.4. The second-order valence-electron chi connectivity index (χ2n) is 3.95. The molecule has 1 unspecified atom stereocenters. The second kappa shape index (κ2) is 6.40. The van der Waals surface area contributed by atoms with Crippen molar-refractivity contribution in [2.75, 3.05) is 0 Å². The van der Waals surface area contributed by atoms with E-state index >= 15 is 0 Å². The summed E-state index contributed by atoms with van der Waals surface area (Å²) in [5, 5.41) is 4.67. The first-order valence-corrected chi connectivity index (χ1v) is 7.86. The zero-order valence-corrected chi connectivity index (χ0v) is 13.6. The molecule has 0 saturated carbocycles. The summed E-state index contributed by atoms with van der Waals surface area (Å²) in [6, 6.07) is 10.0. The van der Waals surface area contributed by atoms with Gasteiger partial charge >= 0.3 is 0 Å². The molecule has 0 amide bonds. The van der Waals surface area contributed by atoms with Crippen molar-refractivity contribution in [3.8, 4) is 0 Å². The van der Waals surface area contributed by atoms with E-state index in [1.165, 1.54) is 4.88 Å². The van der Waals surface area contributed by atoms with Gasteiger partial charge in [-0.05, 0) is 46.6 Å². The Balaban J connectivity index is 2.03. The Morgan fingerprint density at radius 3 is 2.72 bits per heavy atom. The lowest BCUT2D eigenvalue weighted by atomic mass is 10.1. The van der Waals surface area contributed by atoms with Crippen molar-refractivity contribution < 1.29 is 0 Å². The van der Waals surface area contributed by atoms with E-state index in [-0.39, 0.29) is 6.04 Å².